The second kappa shape index (κ2) is 8.48. The van der Waals surface area contributed by atoms with Gasteiger partial charge in [0, 0.05) is 13.2 Å². The van der Waals surface area contributed by atoms with Gasteiger partial charge in [-0.05, 0) is 65.3 Å². The van der Waals surface area contributed by atoms with E-state index in [1.807, 2.05) is 42.5 Å². The maximum atomic E-state index is 12.7. The van der Waals surface area contributed by atoms with Gasteiger partial charge in [-0.3, -0.25) is 9.78 Å². The van der Waals surface area contributed by atoms with Crippen molar-refractivity contribution in [3.63, 3.8) is 0 Å². The van der Waals surface area contributed by atoms with E-state index in [0.29, 0.717) is 17.2 Å². The fraction of sp³-hybridized carbons (Fsp3) is 0.240. The summed E-state index contributed by atoms with van der Waals surface area (Å²) in [5.41, 5.74) is 11.8. The van der Waals surface area contributed by atoms with Gasteiger partial charge in [-0.15, -0.1) is 0 Å². The number of nitriles is 1. The second-order valence-corrected chi connectivity index (χ2v) is 7.72. The van der Waals surface area contributed by atoms with Crippen molar-refractivity contribution in [3.8, 4) is 17.2 Å². The van der Waals surface area contributed by atoms with Crippen LogP contribution in [-0.4, -0.2) is 17.9 Å². The van der Waals surface area contributed by atoms with Gasteiger partial charge in [0.05, 0.1) is 29.3 Å². The van der Waals surface area contributed by atoms with Crippen molar-refractivity contribution in [3.05, 3.63) is 89.2 Å². The van der Waals surface area contributed by atoms with E-state index in [0.717, 1.165) is 16.7 Å². The van der Waals surface area contributed by atoms with Crippen LogP contribution in [0.5, 0.6) is 0 Å². The van der Waals surface area contributed by atoms with E-state index in [4.69, 9.17) is 11.0 Å². The van der Waals surface area contributed by atoms with E-state index in [1.54, 1.807) is 19.3 Å². The molecule has 1 amide bonds. The highest BCUT2D eigenvalue weighted by Crippen LogP contribution is 2.40. The highest BCUT2D eigenvalue weighted by molar-refractivity contribution is 5.84. The van der Waals surface area contributed by atoms with Crippen molar-refractivity contribution < 1.29 is 4.79 Å². The Labute approximate surface area is 176 Å². The molecule has 1 saturated carbocycles. The lowest BCUT2D eigenvalue weighted by atomic mass is 9.87. The molecule has 1 aliphatic rings. The van der Waals surface area contributed by atoms with Gasteiger partial charge in [0.2, 0.25) is 5.91 Å². The van der Waals surface area contributed by atoms with Crippen molar-refractivity contribution in [2.24, 2.45) is 5.73 Å². The molecule has 1 fully saturated rings. The Morgan fingerprint density at radius 3 is 2.53 bits per heavy atom. The summed E-state index contributed by atoms with van der Waals surface area (Å²) in [5, 5.41) is 11.9. The average molecular weight is 396 g/mol. The minimum Gasteiger partial charge on any atom is -0.359 e. The number of nitrogens with two attached hydrogens (primary N) is 1. The Morgan fingerprint density at radius 2 is 1.87 bits per heavy atom. The molecule has 1 aromatic heterocycles. The number of carbonyl (C=O) groups is 1. The summed E-state index contributed by atoms with van der Waals surface area (Å²) in [6.45, 7) is 0. The first kappa shape index (κ1) is 19.8. The van der Waals surface area contributed by atoms with Crippen LogP contribution >= 0.6 is 0 Å². The van der Waals surface area contributed by atoms with Gasteiger partial charge in [-0.1, -0.05) is 36.4 Å². The van der Waals surface area contributed by atoms with Crippen LogP contribution in [0.4, 0.5) is 0 Å². The number of benzene rings is 2. The Balaban J connectivity index is 1.66. The Kier molecular flexibility index (Phi) is 5.60. The minimum atomic E-state index is -0.601. The van der Waals surface area contributed by atoms with Gasteiger partial charge < -0.3 is 11.1 Å². The van der Waals surface area contributed by atoms with Crippen LogP contribution in [0.2, 0.25) is 0 Å². The predicted molar refractivity (Wildman–Crippen MR) is 117 cm³/mol. The summed E-state index contributed by atoms with van der Waals surface area (Å²) in [4.78, 5) is 17.2. The van der Waals surface area contributed by atoms with Crippen molar-refractivity contribution in [2.75, 3.05) is 7.05 Å². The molecule has 0 radical (unpaired) electrons. The molecule has 2 atom stereocenters. The van der Waals surface area contributed by atoms with E-state index in [2.05, 4.69) is 28.5 Å². The summed E-state index contributed by atoms with van der Waals surface area (Å²) in [7, 11) is 1.62. The molecule has 0 bridgehead atoms. The topological polar surface area (TPSA) is 91.8 Å². The highest BCUT2D eigenvalue weighted by atomic mass is 16.1. The van der Waals surface area contributed by atoms with E-state index in [9.17, 15) is 4.79 Å². The number of amides is 1. The summed E-state index contributed by atoms with van der Waals surface area (Å²) < 4.78 is 0. The lowest BCUT2D eigenvalue weighted by molar-refractivity contribution is -0.122. The summed E-state index contributed by atoms with van der Waals surface area (Å²) in [6, 6.07) is 21.0. The molecule has 5 heteroatoms. The number of likely N-dealkylation sites (N-methyl/N-ethyl adjacent to an activating group) is 1. The quantitative estimate of drug-likeness (QED) is 0.658. The van der Waals surface area contributed by atoms with Gasteiger partial charge in [0.25, 0.3) is 0 Å². The largest absolute Gasteiger partial charge is 0.359 e. The number of hydrogen-bond donors (Lipinski definition) is 2. The van der Waals surface area contributed by atoms with Gasteiger partial charge in [0.1, 0.15) is 0 Å². The molecule has 1 aliphatic carbocycles. The van der Waals surface area contributed by atoms with Gasteiger partial charge >= 0.3 is 0 Å². The number of pyridine rings is 1. The molecule has 1 heterocycles. The van der Waals surface area contributed by atoms with Crippen LogP contribution in [-0.2, 0) is 4.79 Å². The molecule has 2 aromatic carbocycles. The fourth-order valence-corrected chi connectivity index (χ4v) is 3.82. The maximum absolute atomic E-state index is 12.7. The van der Waals surface area contributed by atoms with Crippen LogP contribution in [0.15, 0.2) is 66.9 Å². The zero-order valence-corrected chi connectivity index (χ0v) is 16.9. The van der Waals surface area contributed by atoms with Crippen LogP contribution in [0.25, 0.3) is 11.1 Å². The van der Waals surface area contributed by atoms with Crippen molar-refractivity contribution in [1.29, 1.82) is 5.26 Å². The number of nitrogens with zero attached hydrogens (tertiary/aromatic N) is 2. The Hall–Kier alpha value is -3.49. The third kappa shape index (κ3) is 4.10. The second-order valence-electron chi connectivity index (χ2n) is 7.72. The Bertz CT molecular complexity index is 1100. The molecule has 4 rings (SSSR count). The van der Waals surface area contributed by atoms with E-state index in [1.165, 1.54) is 18.4 Å². The summed E-state index contributed by atoms with van der Waals surface area (Å²) in [5.74, 6) is -0.0227. The molecule has 0 aliphatic heterocycles. The number of hydrogen-bond acceptors (Lipinski definition) is 4. The molecule has 3 aromatic rings. The van der Waals surface area contributed by atoms with Crippen LogP contribution in [0.3, 0.4) is 0 Å². The summed E-state index contributed by atoms with van der Waals surface area (Å²) in [6.07, 6.45) is 4.17. The number of rotatable bonds is 6. The minimum absolute atomic E-state index is 0.139. The normalized spacial score (nSPS) is 15.1. The molecule has 3 N–H and O–H groups in total. The zero-order chi connectivity index (χ0) is 21.1. The lowest BCUT2D eigenvalue weighted by Crippen LogP contribution is -2.34. The predicted octanol–water partition coefficient (Wildman–Crippen LogP) is 4.03. The van der Waals surface area contributed by atoms with Gasteiger partial charge in [0.15, 0.2) is 0 Å². The molecule has 0 saturated heterocycles. The van der Waals surface area contributed by atoms with Crippen molar-refractivity contribution in [2.45, 2.75) is 30.7 Å². The van der Waals surface area contributed by atoms with E-state index < -0.39 is 12.0 Å². The van der Waals surface area contributed by atoms with Crippen LogP contribution < -0.4 is 11.1 Å². The average Bonchev–Trinajstić information content (AvgIpc) is 3.65. The van der Waals surface area contributed by atoms with Gasteiger partial charge in [-0.25, -0.2) is 0 Å². The standard InChI is InChI=1S/C25H24N4O/c1-28-25(30)23(19-9-7-18(8-10-19)17-5-6-17)24(27)22-14-21(11-12-29-22)20-4-2-3-16(13-20)15-26/h2-4,7-14,17,23-24H,5-6,27H2,1H3,(H,28,30)/t23-,24?/m1/s1. The first-order valence-electron chi connectivity index (χ1n) is 10.1. The monoisotopic (exact) mass is 396 g/mol. The Morgan fingerprint density at radius 1 is 1.13 bits per heavy atom. The third-order valence-electron chi connectivity index (χ3n) is 5.68. The summed E-state index contributed by atoms with van der Waals surface area (Å²) >= 11 is 0. The molecular weight excluding hydrogens is 372 g/mol. The molecule has 30 heavy (non-hydrogen) atoms. The van der Waals surface area contributed by atoms with Crippen LogP contribution in [0, 0.1) is 11.3 Å². The molecule has 5 nitrogen and oxygen atoms in total. The molecule has 0 spiro atoms. The first-order chi connectivity index (χ1) is 14.6. The number of nitrogens with one attached hydrogen (secondary N) is 1. The smallest absolute Gasteiger partial charge is 0.229 e. The fourth-order valence-electron chi connectivity index (χ4n) is 3.82. The number of carbonyl (C=O) groups excluding carboxylic acids is 1. The zero-order valence-electron chi connectivity index (χ0n) is 16.9. The van der Waals surface area contributed by atoms with Crippen LogP contribution in [0.1, 0.15) is 53.1 Å². The maximum Gasteiger partial charge on any atom is 0.229 e. The van der Waals surface area contributed by atoms with Gasteiger partial charge in [-0.2, -0.15) is 5.26 Å². The number of aromatic nitrogens is 1. The van der Waals surface area contributed by atoms with E-state index >= 15 is 0 Å². The molecular formula is C25H24N4O. The van der Waals surface area contributed by atoms with Crippen molar-refractivity contribution in [1.82, 2.24) is 10.3 Å². The van der Waals surface area contributed by atoms with Crippen molar-refractivity contribution >= 4 is 5.91 Å². The molecule has 150 valence electrons. The SMILES string of the molecule is CNC(=O)[C@H](c1ccc(C2CC2)cc1)C(N)c1cc(-c2cccc(C#N)c2)ccn1. The highest BCUT2D eigenvalue weighted by Gasteiger charge is 2.30. The molecule has 1 unspecified atom stereocenters. The van der Waals surface area contributed by atoms with E-state index in [-0.39, 0.29) is 5.91 Å². The first-order valence-corrected chi connectivity index (χ1v) is 10.1. The lowest BCUT2D eigenvalue weighted by Gasteiger charge is -2.23. The third-order valence-corrected chi connectivity index (χ3v) is 5.68.